The van der Waals surface area contributed by atoms with Gasteiger partial charge in [0.15, 0.2) is 0 Å². The van der Waals surface area contributed by atoms with Crippen LogP contribution in [-0.4, -0.2) is 4.98 Å². The highest BCUT2D eigenvalue weighted by atomic mass is 32.1. The molecule has 0 fully saturated rings. The largest absolute Gasteiger partial charge is 0.265 e. The van der Waals surface area contributed by atoms with Crippen LogP contribution in [-0.2, 0) is 0 Å². The van der Waals surface area contributed by atoms with E-state index in [0.29, 0.717) is 5.92 Å². The Morgan fingerprint density at radius 1 is 1.08 bits per heavy atom. The summed E-state index contributed by atoms with van der Waals surface area (Å²) in [5.41, 5.74) is 1.35. The van der Waals surface area contributed by atoms with E-state index in [4.69, 9.17) is 0 Å². The fourth-order valence-electron chi connectivity index (χ4n) is 0.748. The molecule has 1 aromatic rings. The second kappa shape index (κ2) is 8.60. The molecule has 1 aromatic heterocycles. The molecular formula is C10H19NS. The number of hydrogen-bond acceptors (Lipinski definition) is 1. The summed E-state index contributed by atoms with van der Waals surface area (Å²) in [6.07, 6.45) is 3.66. The summed E-state index contributed by atoms with van der Waals surface area (Å²) in [5, 5.41) is 0. The van der Waals surface area contributed by atoms with Crippen molar-refractivity contribution in [3.8, 4) is 0 Å². The molecule has 0 saturated carbocycles. The van der Waals surface area contributed by atoms with Crippen molar-refractivity contribution >= 4 is 13.5 Å². The zero-order valence-corrected chi connectivity index (χ0v) is 9.33. The molecule has 0 aromatic carbocycles. The topological polar surface area (TPSA) is 12.9 Å². The van der Waals surface area contributed by atoms with E-state index < -0.39 is 0 Å². The van der Waals surface area contributed by atoms with E-state index in [2.05, 4.69) is 18.8 Å². The standard InChI is InChI=1S/C8H11N.C2H6.H2S/c1-7(2)8-3-5-9-6-4-8;1-2;/h3-7H,1-2H3;1-2H3;1H2. The minimum absolute atomic E-state index is 0. The Morgan fingerprint density at radius 2 is 1.50 bits per heavy atom. The van der Waals surface area contributed by atoms with Crippen molar-refractivity contribution in [2.45, 2.75) is 33.6 Å². The van der Waals surface area contributed by atoms with Gasteiger partial charge < -0.3 is 0 Å². The Labute approximate surface area is 82.7 Å². The van der Waals surface area contributed by atoms with Gasteiger partial charge in [0.05, 0.1) is 0 Å². The molecule has 2 heteroatoms. The van der Waals surface area contributed by atoms with Crippen LogP contribution in [0.3, 0.4) is 0 Å². The minimum atomic E-state index is 0. The van der Waals surface area contributed by atoms with Crippen LogP contribution in [0.1, 0.15) is 39.2 Å². The van der Waals surface area contributed by atoms with Crippen LogP contribution in [0, 0.1) is 0 Å². The lowest BCUT2D eigenvalue weighted by atomic mass is 10.1. The van der Waals surface area contributed by atoms with Crippen LogP contribution in [0.4, 0.5) is 0 Å². The maximum atomic E-state index is 3.93. The average molecular weight is 185 g/mol. The lowest BCUT2D eigenvalue weighted by Crippen LogP contribution is -1.85. The number of pyridine rings is 1. The summed E-state index contributed by atoms with van der Waals surface area (Å²) in [7, 11) is 0. The molecule has 0 atom stereocenters. The van der Waals surface area contributed by atoms with Crippen LogP contribution < -0.4 is 0 Å². The smallest absolute Gasteiger partial charge is 0.0270 e. The molecule has 0 N–H and O–H groups in total. The highest BCUT2D eigenvalue weighted by Gasteiger charge is 1.93. The predicted molar refractivity (Wildman–Crippen MR) is 60.1 cm³/mol. The maximum absolute atomic E-state index is 3.93. The van der Waals surface area contributed by atoms with E-state index in [1.165, 1.54) is 5.56 Å². The second-order valence-electron chi connectivity index (χ2n) is 2.44. The van der Waals surface area contributed by atoms with Gasteiger partial charge in [-0.2, -0.15) is 13.5 Å². The van der Waals surface area contributed by atoms with Crippen LogP contribution >= 0.6 is 13.5 Å². The highest BCUT2D eigenvalue weighted by Crippen LogP contribution is 2.10. The van der Waals surface area contributed by atoms with Crippen LogP contribution in [0.15, 0.2) is 24.5 Å². The second-order valence-corrected chi connectivity index (χ2v) is 2.44. The van der Waals surface area contributed by atoms with Crippen LogP contribution in [0.2, 0.25) is 0 Å². The molecule has 0 radical (unpaired) electrons. The summed E-state index contributed by atoms with van der Waals surface area (Å²) in [6.45, 7) is 8.35. The van der Waals surface area contributed by atoms with Crippen LogP contribution in [0.25, 0.3) is 0 Å². The van der Waals surface area contributed by atoms with Gasteiger partial charge in [0.1, 0.15) is 0 Å². The molecule has 0 aliphatic rings. The fourth-order valence-corrected chi connectivity index (χ4v) is 0.748. The lowest BCUT2D eigenvalue weighted by Gasteiger charge is -2.01. The molecule has 0 bridgehead atoms. The minimum Gasteiger partial charge on any atom is -0.265 e. The third kappa shape index (κ3) is 5.19. The van der Waals surface area contributed by atoms with Crippen molar-refractivity contribution in [1.82, 2.24) is 4.98 Å². The van der Waals surface area contributed by atoms with Gasteiger partial charge in [-0.1, -0.05) is 27.7 Å². The van der Waals surface area contributed by atoms with E-state index in [-0.39, 0.29) is 13.5 Å². The average Bonchev–Trinajstić information content (AvgIpc) is 2.10. The number of hydrogen-bond donors (Lipinski definition) is 0. The van der Waals surface area contributed by atoms with Crippen molar-refractivity contribution in [2.75, 3.05) is 0 Å². The van der Waals surface area contributed by atoms with Gasteiger partial charge in [-0.25, -0.2) is 0 Å². The van der Waals surface area contributed by atoms with E-state index in [9.17, 15) is 0 Å². The summed E-state index contributed by atoms with van der Waals surface area (Å²) >= 11 is 0. The number of aromatic nitrogens is 1. The Hall–Kier alpha value is -0.500. The first-order valence-electron chi connectivity index (χ1n) is 4.20. The summed E-state index contributed by atoms with van der Waals surface area (Å²) in [6, 6.07) is 4.09. The van der Waals surface area contributed by atoms with E-state index in [0.717, 1.165) is 0 Å². The number of rotatable bonds is 1. The van der Waals surface area contributed by atoms with Crippen LogP contribution in [0.5, 0.6) is 0 Å². The molecule has 0 aliphatic carbocycles. The first-order valence-corrected chi connectivity index (χ1v) is 4.20. The van der Waals surface area contributed by atoms with Gasteiger partial charge in [0.25, 0.3) is 0 Å². The molecule has 1 heterocycles. The Bertz CT molecular complexity index is 172. The summed E-state index contributed by atoms with van der Waals surface area (Å²) < 4.78 is 0. The van der Waals surface area contributed by atoms with E-state index >= 15 is 0 Å². The molecule has 0 amide bonds. The van der Waals surface area contributed by atoms with Gasteiger partial charge >= 0.3 is 0 Å². The zero-order valence-electron chi connectivity index (χ0n) is 8.33. The number of nitrogens with zero attached hydrogens (tertiary/aromatic N) is 1. The quantitative estimate of drug-likeness (QED) is 0.654. The lowest BCUT2D eigenvalue weighted by molar-refractivity contribution is 0.863. The molecule has 1 nitrogen and oxygen atoms in total. The predicted octanol–water partition coefficient (Wildman–Crippen LogP) is 3.34. The first kappa shape index (κ1) is 14.0. The van der Waals surface area contributed by atoms with Crippen molar-refractivity contribution < 1.29 is 0 Å². The van der Waals surface area contributed by atoms with Gasteiger partial charge in [-0.3, -0.25) is 4.98 Å². The molecule has 0 aliphatic heterocycles. The first-order chi connectivity index (χ1) is 5.30. The molecule has 0 spiro atoms. The summed E-state index contributed by atoms with van der Waals surface area (Å²) in [5.74, 6) is 0.619. The third-order valence-corrected chi connectivity index (χ3v) is 1.37. The summed E-state index contributed by atoms with van der Waals surface area (Å²) in [4.78, 5) is 3.93. The van der Waals surface area contributed by atoms with Gasteiger partial charge in [0, 0.05) is 12.4 Å². The SMILES string of the molecule is CC.CC(C)c1ccncc1.S. The molecule has 12 heavy (non-hydrogen) atoms. The van der Waals surface area contributed by atoms with Gasteiger partial charge in [-0.15, -0.1) is 0 Å². The Kier molecular flexibility index (Phi) is 10.1. The third-order valence-electron chi connectivity index (χ3n) is 1.37. The molecule has 0 saturated heterocycles. The molecule has 70 valence electrons. The monoisotopic (exact) mass is 185 g/mol. The molecule has 0 unspecified atom stereocenters. The van der Waals surface area contributed by atoms with Crippen molar-refractivity contribution in [3.63, 3.8) is 0 Å². The molecular weight excluding hydrogens is 166 g/mol. The van der Waals surface area contributed by atoms with Gasteiger partial charge in [0.2, 0.25) is 0 Å². The molecule has 1 rings (SSSR count). The van der Waals surface area contributed by atoms with Crippen molar-refractivity contribution in [2.24, 2.45) is 0 Å². The van der Waals surface area contributed by atoms with Gasteiger partial charge in [-0.05, 0) is 23.6 Å². The fraction of sp³-hybridized carbons (Fsp3) is 0.500. The normalized spacial score (nSPS) is 8.08. The van der Waals surface area contributed by atoms with E-state index in [1.54, 1.807) is 0 Å². The van der Waals surface area contributed by atoms with Crippen molar-refractivity contribution in [1.29, 1.82) is 0 Å². The Balaban J connectivity index is 0. The Morgan fingerprint density at radius 3 is 1.75 bits per heavy atom. The zero-order chi connectivity index (χ0) is 8.69. The van der Waals surface area contributed by atoms with Crippen molar-refractivity contribution in [3.05, 3.63) is 30.1 Å². The van der Waals surface area contributed by atoms with E-state index in [1.807, 2.05) is 38.4 Å². The maximum Gasteiger partial charge on any atom is 0.0270 e. The highest BCUT2D eigenvalue weighted by molar-refractivity contribution is 7.59.